The molecular formula is C28H29N3O5. The van der Waals surface area contributed by atoms with Gasteiger partial charge in [-0.05, 0) is 29.5 Å². The Labute approximate surface area is 210 Å². The van der Waals surface area contributed by atoms with E-state index in [-0.39, 0.29) is 19.1 Å². The number of hydrogen-bond donors (Lipinski definition) is 3. The molecule has 0 bridgehead atoms. The molecule has 1 aliphatic rings. The van der Waals surface area contributed by atoms with Crippen molar-refractivity contribution in [2.24, 2.45) is 0 Å². The second-order valence-electron chi connectivity index (χ2n) is 8.55. The molecule has 3 aromatic rings. The first-order valence-corrected chi connectivity index (χ1v) is 11.9. The van der Waals surface area contributed by atoms with Gasteiger partial charge in [0.2, 0.25) is 0 Å². The Kier molecular flexibility index (Phi) is 8.67. The van der Waals surface area contributed by atoms with Gasteiger partial charge >= 0.3 is 6.09 Å². The van der Waals surface area contributed by atoms with Gasteiger partial charge in [-0.25, -0.2) is 4.79 Å². The predicted octanol–water partition coefficient (Wildman–Crippen LogP) is 3.07. The van der Waals surface area contributed by atoms with Gasteiger partial charge in [0.15, 0.2) is 6.10 Å². The zero-order valence-electron chi connectivity index (χ0n) is 19.8. The Morgan fingerprint density at radius 2 is 1.36 bits per heavy atom. The van der Waals surface area contributed by atoms with Crippen LogP contribution in [0, 0.1) is 0 Å². The summed E-state index contributed by atoms with van der Waals surface area (Å²) in [5, 5.41) is 2.60. The normalized spacial score (nSPS) is 16.9. The maximum absolute atomic E-state index is 12.9. The molecular weight excluding hydrogens is 458 g/mol. The lowest BCUT2D eigenvalue weighted by atomic mass is 10.1. The van der Waals surface area contributed by atoms with Crippen molar-refractivity contribution < 1.29 is 23.9 Å². The monoisotopic (exact) mass is 487 g/mol. The van der Waals surface area contributed by atoms with Crippen LogP contribution in [0.25, 0.3) is 0 Å². The molecule has 36 heavy (non-hydrogen) atoms. The molecule has 3 amide bonds. The standard InChI is InChI=1S/C28H29N3O5/c32-26(30-31-27(33)25-24(36-25)17-16-20-10-4-1-5-11-20)23(18-21-12-6-2-7-13-21)29-28(34)35-19-22-14-8-3-9-15-22/h1-15,23-25H,16-19H2,(H,29,34)(H,30,32)(H,31,33)/t23-,24?,25?/m0/s1. The van der Waals surface area contributed by atoms with E-state index in [9.17, 15) is 14.4 Å². The van der Waals surface area contributed by atoms with Crippen molar-refractivity contribution in [1.82, 2.24) is 16.2 Å². The average Bonchev–Trinajstić information content (AvgIpc) is 3.70. The Bertz CT molecular complexity index is 1140. The summed E-state index contributed by atoms with van der Waals surface area (Å²) in [6.07, 6.45) is 0.214. The van der Waals surface area contributed by atoms with Crippen LogP contribution >= 0.6 is 0 Å². The molecule has 0 spiro atoms. The highest BCUT2D eigenvalue weighted by molar-refractivity contribution is 5.90. The number of nitrogens with one attached hydrogen (secondary N) is 3. The van der Waals surface area contributed by atoms with E-state index >= 15 is 0 Å². The highest BCUT2D eigenvalue weighted by Crippen LogP contribution is 2.26. The fraction of sp³-hybridized carbons (Fsp3) is 0.250. The van der Waals surface area contributed by atoms with Crippen LogP contribution in [0.1, 0.15) is 23.1 Å². The third-order valence-corrected chi connectivity index (χ3v) is 5.81. The third-order valence-electron chi connectivity index (χ3n) is 5.81. The lowest BCUT2D eigenvalue weighted by Crippen LogP contribution is -2.54. The Morgan fingerprint density at radius 1 is 0.778 bits per heavy atom. The second kappa shape index (κ2) is 12.5. The van der Waals surface area contributed by atoms with Crippen molar-refractivity contribution in [3.05, 3.63) is 108 Å². The minimum Gasteiger partial charge on any atom is -0.445 e. The summed E-state index contributed by atoms with van der Waals surface area (Å²) in [6, 6.07) is 27.5. The summed E-state index contributed by atoms with van der Waals surface area (Å²) in [5.74, 6) is -0.989. The fourth-order valence-electron chi connectivity index (χ4n) is 3.79. The zero-order chi connectivity index (χ0) is 25.2. The van der Waals surface area contributed by atoms with Crippen LogP contribution < -0.4 is 16.2 Å². The number of hydrogen-bond acceptors (Lipinski definition) is 5. The van der Waals surface area contributed by atoms with Gasteiger partial charge in [0.25, 0.3) is 11.8 Å². The van der Waals surface area contributed by atoms with Crippen LogP contribution in [0.3, 0.4) is 0 Å². The van der Waals surface area contributed by atoms with Gasteiger partial charge in [-0.1, -0.05) is 91.0 Å². The van der Waals surface area contributed by atoms with Crippen LogP contribution in [-0.4, -0.2) is 36.2 Å². The number of epoxide rings is 1. The van der Waals surface area contributed by atoms with E-state index in [4.69, 9.17) is 9.47 Å². The van der Waals surface area contributed by atoms with Crippen molar-refractivity contribution >= 4 is 17.9 Å². The number of rotatable bonds is 10. The zero-order valence-corrected chi connectivity index (χ0v) is 19.8. The predicted molar refractivity (Wildman–Crippen MR) is 133 cm³/mol. The van der Waals surface area contributed by atoms with Gasteiger partial charge in [0, 0.05) is 6.42 Å². The molecule has 0 saturated carbocycles. The minimum absolute atomic E-state index is 0.0759. The minimum atomic E-state index is -0.954. The molecule has 186 valence electrons. The molecule has 1 heterocycles. The first-order valence-electron chi connectivity index (χ1n) is 11.9. The molecule has 0 aliphatic carbocycles. The summed E-state index contributed by atoms with van der Waals surface area (Å²) in [4.78, 5) is 37.7. The lowest BCUT2D eigenvalue weighted by molar-refractivity contribution is -0.130. The third kappa shape index (κ3) is 7.68. The number of amides is 3. The molecule has 3 atom stereocenters. The molecule has 8 heteroatoms. The molecule has 4 rings (SSSR count). The number of carbonyl (C=O) groups is 3. The van der Waals surface area contributed by atoms with Gasteiger partial charge in [-0.15, -0.1) is 0 Å². The molecule has 1 aliphatic heterocycles. The number of benzene rings is 3. The molecule has 0 aromatic heterocycles. The van der Waals surface area contributed by atoms with E-state index in [2.05, 4.69) is 16.2 Å². The number of ether oxygens (including phenoxy) is 2. The Morgan fingerprint density at radius 3 is 2.00 bits per heavy atom. The van der Waals surface area contributed by atoms with E-state index < -0.39 is 30.1 Å². The molecule has 1 fully saturated rings. The molecule has 1 saturated heterocycles. The van der Waals surface area contributed by atoms with Crippen LogP contribution in [0.5, 0.6) is 0 Å². The largest absolute Gasteiger partial charge is 0.445 e. The smallest absolute Gasteiger partial charge is 0.408 e. The molecule has 8 nitrogen and oxygen atoms in total. The number of hydrazine groups is 1. The molecule has 2 unspecified atom stereocenters. The SMILES string of the molecule is O=C(N[C@@H](Cc1ccccc1)C(=O)NNC(=O)C1OC1CCc1ccccc1)OCc1ccccc1. The number of aryl methyl sites for hydroxylation is 1. The van der Waals surface area contributed by atoms with Crippen molar-refractivity contribution in [1.29, 1.82) is 0 Å². The second-order valence-corrected chi connectivity index (χ2v) is 8.55. The van der Waals surface area contributed by atoms with Crippen LogP contribution in [0.4, 0.5) is 4.79 Å². The Hall–Kier alpha value is -4.17. The summed E-state index contributed by atoms with van der Waals surface area (Å²) >= 11 is 0. The highest BCUT2D eigenvalue weighted by Gasteiger charge is 2.44. The summed E-state index contributed by atoms with van der Waals surface area (Å²) < 4.78 is 10.7. The summed E-state index contributed by atoms with van der Waals surface area (Å²) in [5.41, 5.74) is 7.67. The maximum atomic E-state index is 12.9. The van der Waals surface area contributed by atoms with Gasteiger partial charge in [-0.2, -0.15) is 0 Å². The van der Waals surface area contributed by atoms with Crippen molar-refractivity contribution in [3.8, 4) is 0 Å². The van der Waals surface area contributed by atoms with E-state index in [1.807, 2.05) is 91.0 Å². The lowest BCUT2D eigenvalue weighted by Gasteiger charge is -2.18. The van der Waals surface area contributed by atoms with Gasteiger partial charge < -0.3 is 14.8 Å². The van der Waals surface area contributed by atoms with E-state index in [1.54, 1.807) is 0 Å². The van der Waals surface area contributed by atoms with Crippen molar-refractivity contribution in [2.75, 3.05) is 0 Å². The quantitative estimate of drug-likeness (QED) is 0.301. The number of carbonyl (C=O) groups excluding carboxylic acids is 3. The average molecular weight is 488 g/mol. The van der Waals surface area contributed by atoms with E-state index in [1.165, 1.54) is 5.56 Å². The van der Waals surface area contributed by atoms with Crippen LogP contribution in [-0.2, 0) is 38.5 Å². The number of alkyl carbamates (subject to hydrolysis) is 1. The molecule has 3 N–H and O–H groups in total. The van der Waals surface area contributed by atoms with E-state index in [0.717, 1.165) is 17.5 Å². The van der Waals surface area contributed by atoms with Gasteiger partial charge in [0.1, 0.15) is 12.6 Å². The van der Waals surface area contributed by atoms with Gasteiger partial charge in [-0.3, -0.25) is 20.4 Å². The van der Waals surface area contributed by atoms with Crippen molar-refractivity contribution in [2.45, 2.75) is 44.1 Å². The fourth-order valence-corrected chi connectivity index (χ4v) is 3.79. The topological polar surface area (TPSA) is 109 Å². The van der Waals surface area contributed by atoms with Gasteiger partial charge in [0.05, 0.1) is 6.10 Å². The first kappa shape index (κ1) is 24.9. The summed E-state index contributed by atoms with van der Waals surface area (Å²) in [6.45, 7) is 0.0759. The first-order chi connectivity index (χ1) is 17.6. The molecule has 0 radical (unpaired) electrons. The molecule has 3 aromatic carbocycles. The van der Waals surface area contributed by atoms with Crippen molar-refractivity contribution in [3.63, 3.8) is 0 Å². The maximum Gasteiger partial charge on any atom is 0.408 e. The summed E-state index contributed by atoms with van der Waals surface area (Å²) in [7, 11) is 0. The Balaban J connectivity index is 1.26. The van der Waals surface area contributed by atoms with Crippen LogP contribution in [0.15, 0.2) is 91.0 Å². The highest BCUT2D eigenvalue weighted by atomic mass is 16.6. The van der Waals surface area contributed by atoms with E-state index in [0.29, 0.717) is 6.42 Å². The van der Waals surface area contributed by atoms with Crippen LogP contribution in [0.2, 0.25) is 0 Å².